The van der Waals surface area contributed by atoms with Gasteiger partial charge in [0.25, 0.3) is 0 Å². The SMILES string of the molecule is Cc1ccc(OCCCCCC(O)(O)Br)c(C(C)(C)C)c1. The highest BCUT2D eigenvalue weighted by atomic mass is 79.9. The third kappa shape index (κ3) is 7.30. The van der Waals surface area contributed by atoms with Crippen molar-refractivity contribution in [2.75, 3.05) is 6.61 Å². The zero-order valence-electron chi connectivity index (χ0n) is 13.4. The Morgan fingerprint density at radius 3 is 2.33 bits per heavy atom. The molecule has 0 radical (unpaired) electrons. The summed E-state index contributed by atoms with van der Waals surface area (Å²) in [6.45, 7) is 9.31. The predicted octanol–water partition coefficient (Wildman–Crippen LogP) is 4.27. The van der Waals surface area contributed by atoms with Crippen LogP contribution in [0.1, 0.15) is 57.6 Å². The van der Waals surface area contributed by atoms with Crippen molar-refractivity contribution >= 4 is 15.9 Å². The molecule has 0 aliphatic carbocycles. The van der Waals surface area contributed by atoms with E-state index in [0.29, 0.717) is 13.0 Å². The number of alkyl halides is 1. The lowest BCUT2D eigenvalue weighted by Crippen LogP contribution is -2.17. The lowest BCUT2D eigenvalue weighted by Gasteiger charge is -2.23. The fourth-order valence-corrected chi connectivity index (χ4v) is 2.45. The number of rotatable bonds is 7. The minimum absolute atomic E-state index is 0.0602. The first-order valence-corrected chi connectivity index (χ1v) is 8.26. The van der Waals surface area contributed by atoms with Gasteiger partial charge in [0.2, 0.25) is 4.70 Å². The number of benzene rings is 1. The van der Waals surface area contributed by atoms with Crippen LogP contribution in [0.4, 0.5) is 0 Å². The second-order valence-electron chi connectivity index (χ2n) is 6.63. The first-order chi connectivity index (χ1) is 9.59. The van der Waals surface area contributed by atoms with E-state index in [2.05, 4.69) is 55.8 Å². The van der Waals surface area contributed by atoms with Gasteiger partial charge in [0.15, 0.2) is 0 Å². The maximum Gasteiger partial charge on any atom is 0.221 e. The van der Waals surface area contributed by atoms with Gasteiger partial charge < -0.3 is 14.9 Å². The van der Waals surface area contributed by atoms with E-state index in [0.717, 1.165) is 25.0 Å². The molecule has 0 aromatic heterocycles. The number of hydrogen-bond acceptors (Lipinski definition) is 3. The molecule has 0 saturated carbocycles. The van der Waals surface area contributed by atoms with Crippen molar-refractivity contribution in [2.45, 2.75) is 63.5 Å². The first-order valence-electron chi connectivity index (χ1n) is 7.47. The van der Waals surface area contributed by atoms with Crippen LogP contribution >= 0.6 is 15.9 Å². The standard InChI is InChI=1S/C17H27BrO3/c1-13-8-9-15(14(12-13)16(2,3)4)21-11-7-5-6-10-17(18,19)20/h8-9,12,19-20H,5-7,10-11H2,1-4H3. The van der Waals surface area contributed by atoms with Gasteiger partial charge in [-0.3, -0.25) is 0 Å². The molecule has 120 valence electrons. The van der Waals surface area contributed by atoms with Crippen LogP contribution in [0.5, 0.6) is 5.75 Å². The van der Waals surface area contributed by atoms with Crippen molar-refractivity contribution in [1.29, 1.82) is 0 Å². The molecule has 0 aliphatic rings. The summed E-state index contributed by atoms with van der Waals surface area (Å²) >= 11 is 2.80. The van der Waals surface area contributed by atoms with Gasteiger partial charge in [0, 0.05) is 6.42 Å². The molecule has 4 heteroatoms. The van der Waals surface area contributed by atoms with Crippen molar-refractivity contribution in [2.24, 2.45) is 0 Å². The van der Waals surface area contributed by atoms with Crippen LogP contribution in [-0.4, -0.2) is 21.5 Å². The summed E-state index contributed by atoms with van der Waals surface area (Å²) in [7, 11) is 0. The summed E-state index contributed by atoms with van der Waals surface area (Å²) in [5.41, 5.74) is 2.53. The van der Waals surface area contributed by atoms with Gasteiger partial charge in [-0.1, -0.05) is 38.5 Å². The Balaban J connectivity index is 2.46. The molecule has 0 fully saturated rings. The van der Waals surface area contributed by atoms with E-state index in [9.17, 15) is 0 Å². The topological polar surface area (TPSA) is 49.7 Å². The van der Waals surface area contributed by atoms with Crippen LogP contribution in [0, 0.1) is 6.92 Å². The van der Waals surface area contributed by atoms with Crippen molar-refractivity contribution < 1.29 is 14.9 Å². The first kappa shape index (κ1) is 18.5. The molecule has 1 aromatic rings. The fraction of sp³-hybridized carbons (Fsp3) is 0.647. The molecule has 1 rings (SSSR count). The Kier molecular flexibility index (Phi) is 6.70. The Bertz CT molecular complexity index is 444. The Morgan fingerprint density at radius 1 is 1.10 bits per heavy atom. The molecule has 0 bridgehead atoms. The second-order valence-corrected chi connectivity index (χ2v) is 7.90. The van der Waals surface area contributed by atoms with Gasteiger partial charge in [-0.2, -0.15) is 0 Å². The smallest absolute Gasteiger partial charge is 0.221 e. The third-order valence-electron chi connectivity index (χ3n) is 3.34. The van der Waals surface area contributed by atoms with Crippen LogP contribution in [0.25, 0.3) is 0 Å². The molecule has 0 amide bonds. The van der Waals surface area contributed by atoms with Gasteiger partial charge in [0.05, 0.1) is 6.61 Å². The van der Waals surface area contributed by atoms with Crippen molar-refractivity contribution in [1.82, 2.24) is 0 Å². The molecular formula is C17H27BrO3. The second kappa shape index (κ2) is 7.61. The molecule has 0 spiro atoms. The third-order valence-corrected chi connectivity index (χ3v) is 3.74. The molecule has 0 aliphatic heterocycles. The molecule has 3 nitrogen and oxygen atoms in total. The van der Waals surface area contributed by atoms with Crippen LogP contribution in [-0.2, 0) is 5.41 Å². The number of halogens is 1. The quantitative estimate of drug-likeness (QED) is 0.434. The fourth-order valence-electron chi connectivity index (χ4n) is 2.17. The summed E-state index contributed by atoms with van der Waals surface area (Å²) in [6, 6.07) is 6.30. The van der Waals surface area contributed by atoms with Gasteiger partial charge in [-0.15, -0.1) is 0 Å². The summed E-state index contributed by atoms with van der Waals surface area (Å²) in [5, 5.41) is 18.3. The van der Waals surface area contributed by atoms with Crippen LogP contribution in [0.3, 0.4) is 0 Å². The van der Waals surface area contributed by atoms with Crippen molar-refractivity contribution in [3.63, 3.8) is 0 Å². The molecule has 0 unspecified atom stereocenters. The number of hydrogen-bond donors (Lipinski definition) is 2. The van der Waals surface area contributed by atoms with Crippen LogP contribution in [0.2, 0.25) is 0 Å². The maximum absolute atomic E-state index is 9.15. The van der Waals surface area contributed by atoms with Gasteiger partial charge in [-0.25, -0.2) is 0 Å². The number of aryl methyl sites for hydroxylation is 1. The lowest BCUT2D eigenvalue weighted by molar-refractivity contribution is -0.0754. The average Bonchev–Trinajstić information content (AvgIpc) is 2.32. The average molecular weight is 359 g/mol. The molecule has 0 heterocycles. The van der Waals surface area contributed by atoms with Gasteiger partial charge >= 0.3 is 0 Å². The van der Waals surface area contributed by atoms with E-state index < -0.39 is 4.70 Å². The molecule has 21 heavy (non-hydrogen) atoms. The van der Waals surface area contributed by atoms with E-state index in [-0.39, 0.29) is 5.41 Å². The highest BCUT2D eigenvalue weighted by molar-refractivity contribution is 9.09. The van der Waals surface area contributed by atoms with Gasteiger partial charge in [0.1, 0.15) is 5.75 Å². The highest BCUT2D eigenvalue weighted by Gasteiger charge is 2.19. The maximum atomic E-state index is 9.15. The van der Waals surface area contributed by atoms with Crippen LogP contribution in [0.15, 0.2) is 18.2 Å². The largest absolute Gasteiger partial charge is 0.493 e. The monoisotopic (exact) mass is 358 g/mol. The van der Waals surface area contributed by atoms with E-state index >= 15 is 0 Å². The lowest BCUT2D eigenvalue weighted by atomic mass is 9.85. The summed E-state index contributed by atoms with van der Waals surface area (Å²) < 4.78 is 4.18. The van der Waals surface area contributed by atoms with Crippen molar-refractivity contribution in [3.8, 4) is 5.75 Å². The van der Waals surface area contributed by atoms with E-state index in [1.54, 1.807) is 0 Å². The van der Waals surface area contributed by atoms with E-state index in [4.69, 9.17) is 14.9 Å². The summed E-state index contributed by atoms with van der Waals surface area (Å²) in [4.78, 5) is 0. The molecule has 0 atom stereocenters. The minimum atomic E-state index is -1.73. The van der Waals surface area contributed by atoms with Crippen LogP contribution < -0.4 is 4.74 Å². The zero-order valence-corrected chi connectivity index (χ0v) is 15.0. The Hall–Kier alpha value is -0.580. The normalized spacial score (nSPS) is 12.5. The van der Waals surface area contributed by atoms with E-state index in [1.807, 2.05) is 6.07 Å². The Morgan fingerprint density at radius 2 is 1.76 bits per heavy atom. The van der Waals surface area contributed by atoms with E-state index in [1.165, 1.54) is 11.1 Å². The predicted molar refractivity (Wildman–Crippen MR) is 89.9 cm³/mol. The highest BCUT2D eigenvalue weighted by Crippen LogP contribution is 2.32. The zero-order chi connectivity index (χ0) is 16.1. The summed E-state index contributed by atoms with van der Waals surface area (Å²) in [5.74, 6) is 0.951. The molecule has 0 saturated heterocycles. The number of ether oxygens (including phenoxy) is 1. The minimum Gasteiger partial charge on any atom is -0.493 e. The Labute approximate surface area is 136 Å². The van der Waals surface area contributed by atoms with Crippen molar-refractivity contribution in [3.05, 3.63) is 29.3 Å². The molecular weight excluding hydrogens is 332 g/mol. The summed E-state index contributed by atoms with van der Waals surface area (Å²) in [6.07, 6.45) is 2.89. The van der Waals surface area contributed by atoms with Gasteiger partial charge in [-0.05, 0) is 59.2 Å². The molecule has 2 N–H and O–H groups in total. The molecule has 1 aromatic carbocycles. The number of aliphatic hydroxyl groups is 2. The number of unbranched alkanes of at least 4 members (excludes halogenated alkanes) is 2.